The molecule has 0 bridgehead atoms. The Morgan fingerprint density at radius 2 is 2.25 bits per heavy atom. The van der Waals surface area contributed by atoms with Gasteiger partial charge in [-0.2, -0.15) is 0 Å². The molecule has 4 nitrogen and oxygen atoms in total. The second kappa shape index (κ2) is 5.44. The van der Waals surface area contributed by atoms with E-state index in [0.29, 0.717) is 17.9 Å². The highest BCUT2D eigenvalue weighted by atomic mass is 19.1. The molecule has 88 valence electrons. The summed E-state index contributed by atoms with van der Waals surface area (Å²) >= 11 is 0. The SMILES string of the molecule is CCOc1ccc([N+](=O)[O-])c(C(C)CF)c1. The van der Waals surface area contributed by atoms with E-state index in [1.807, 2.05) is 6.92 Å². The van der Waals surface area contributed by atoms with Crippen molar-refractivity contribution in [3.05, 3.63) is 33.9 Å². The Morgan fingerprint density at radius 1 is 1.56 bits per heavy atom. The van der Waals surface area contributed by atoms with Crippen molar-refractivity contribution in [2.24, 2.45) is 0 Å². The average Bonchev–Trinajstić information content (AvgIpc) is 2.28. The van der Waals surface area contributed by atoms with Gasteiger partial charge < -0.3 is 4.74 Å². The van der Waals surface area contributed by atoms with E-state index < -0.39 is 17.5 Å². The summed E-state index contributed by atoms with van der Waals surface area (Å²) in [7, 11) is 0. The molecule has 5 heteroatoms. The van der Waals surface area contributed by atoms with Gasteiger partial charge in [-0.05, 0) is 19.1 Å². The molecule has 16 heavy (non-hydrogen) atoms. The summed E-state index contributed by atoms with van der Waals surface area (Å²) in [6, 6.07) is 4.41. The van der Waals surface area contributed by atoms with E-state index >= 15 is 0 Å². The zero-order valence-corrected chi connectivity index (χ0v) is 9.27. The second-order valence-corrected chi connectivity index (χ2v) is 3.47. The first-order valence-corrected chi connectivity index (χ1v) is 5.07. The van der Waals surface area contributed by atoms with Gasteiger partial charge in [-0.15, -0.1) is 0 Å². The molecule has 0 spiro atoms. The lowest BCUT2D eigenvalue weighted by molar-refractivity contribution is -0.385. The fourth-order valence-corrected chi connectivity index (χ4v) is 1.43. The maximum atomic E-state index is 12.6. The Hall–Kier alpha value is -1.65. The van der Waals surface area contributed by atoms with Crippen LogP contribution in [0.4, 0.5) is 10.1 Å². The topological polar surface area (TPSA) is 52.4 Å². The molecule has 0 aliphatic carbocycles. The Morgan fingerprint density at radius 3 is 2.75 bits per heavy atom. The molecular formula is C11H14FNO3. The molecule has 1 aromatic rings. The number of nitro groups is 1. The third-order valence-electron chi connectivity index (χ3n) is 2.27. The minimum Gasteiger partial charge on any atom is -0.494 e. The number of nitrogens with zero attached hydrogens (tertiary/aromatic N) is 1. The molecule has 0 heterocycles. The van der Waals surface area contributed by atoms with Crippen molar-refractivity contribution >= 4 is 5.69 Å². The molecular weight excluding hydrogens is 213 g/mol. The van der Waals surface area contributed by atoms with Gasteiger partial charge in [0.25, 0.3) is 5.69 Å². The van der Waals surface area contributed by atoms with Gasteiger partial charge in [0.1, 0.15) is 5.75 Å². The average molecular weight is 227 g/mol. The Bertz CT molecular complexity index is 381. The number of hydrogen-bond acceptors (Lipinski definition) is 3. The van der Waals surface area contributed by atoms with Crippen LogP contribution in [0.15, 0.2) is 18.2 Å². The van der Waals surface area contributed by atoms with E-state index in [1.54, 1.807) is 6.92 Å². The standard InChI is InChI=1S/C11H14FNO3/c1-3-16-9-4-5-11(13(14)15)10(6-9)8(2)7-12/h4-6,8H,3,7H2,1-2H3. The highest BCUT2D eigenvalue weighted by Gasteiger charge is 2.19. The van der Waals surface area contributed by atoms with Crippen molar-refractivity contribution in [2.45, 2.75) is 19.8 Å². The van der Waals surface area contributed by atoms with Gasteiger partial charge in [0, 0.05) is 17.5 Å². The maximum absolute atomic E-state index is 12.6. The molecule has 1 atom stereocenters. The van der Waals surface area contributed by atoms with Crippen molar-refractivity contribution in [3.63, 3.8) is 0 Å². The van der Waals surface area contributed by atoms with Crippen molar-refractivity contribution in [1.29, 1.82) is 0 Å². The van der Waals surface area contributed by atoms with E-state index in [9.17, 15) is 14.5 Å². The van der Waals surface area contributed by atoms with E-state index in [4.69, 9.17) is 4.74 Å². The summed E-state index contributed by atoms with van der Waals surface area (Å²) in [5.74, 6) is 0.0317. The summed E-state index contributed by atoms with van der Waals surface area (Å²) in [5, 5.41) is 10.8. The van der Waals surface area contributed by atoms with Crippen LogP contribution >= 0.6 is 0 Å². The van der Waals surface area contributed by atoms with Crippen LogP contribution in [0.3, 0.4) is 0 Å². The molecule has 0 saturated carbocycles. The third-order valence-corrected chi connectivity index (χ3v) is 2.27. The number of benzene rings is 1. The van der Waals surface area contributed by atoms with Crippen LogP contribution in [0.25, 0.3) is 0 Å². The van der Waals surface area contributed by atoms with Gasteiger partial charge in [-0.3, -0.25) is 14.5 Å². The minimum atomic E-state index is -0.629. The number of rotatable bonds is 5. The smallest absolute Gasteiger partial charge is 0.273 e. The number of ether oxygens (including phenoxy) is 1. The van der Waals surface area contributed by atoms with Gasteiger partial charge >= 0.3 is 0 Å². The predicted molar refractivity (Wildman–Crippen MR) is 58.7 cm³/mol. The number of nitro benzene ring substituents is 1. The molecule has 0 amide bonds. The van der Waals surface area contributed by atoms with Crippen molar-refractivity contribution < 1.29 is 14.1 Å². The van der Waals surface area contributed by atoms with Crippen LogP contribution < -0.4 is 4.74 Å². The molecule has 1 rings (SSSR count). The van der Waals surface area contributed by atoms with Crippen LogP contribution in [0.1, 0.15) is 25.3 Å². The van der Waals surface area contributed by atoms with E-state index in [-0.39, 0.29) is 5.69 Å². The molecule has 0 aliphatic rings. The fraction of sp³-hybridized carbons (Fsp3) is 0.455. The first-order valence-electron chi connectivity index (χ1n) is 5.07. The molecule has 0 radical (unpaired) electrons. The molecule has 0 saturated heterocycles. The highest BCUT2D eigenvalue weighted by Crippen LogP contribution is 2.30. The van der Waals surface area contributed by atoms with Crippen molar-refractivity contribution in [3.8, 4) is 5.75 Å². The number of hydrogen-bond donors (Lipinski definition) is 0. The molecule has 0 aromatic heterocycles. The van der Waals surface area contributed by atoms with Crippen LogP contribution in [0.5, 0.6) is 5.75 Å². The van der Waals surface area contributed by atoms with Gasteiger partial charge in [0.2, 0.25) is 0 Å². The van der Waals surface area contributed by atoms with Crippen LogP contribution in [-0.4, -0.2) is 18.2 Å². The van der Waals surface area contributed by atoms with Gasteiger partial charge in [0.05, 0.1) is 18.2 Å². The Balaban J connectivity index is 3.15. The summed E-state index contributed by atoms with van der Waals surface area (Å²) in [6.45, 7) is 3.27. The molecule has 0 N–H and O–H groups in total. The van der Waals surface area contributed by atoms with Crippen LogP contribution in [0, 0.1) is 10.1 Å². The van der Waals surface area contributed by atoms with Crippen molar-refractivity contribution in [2.75, 3.05) is 13.3 Å². The quantitative estimate of drug-likeness (QED) is 0.573. The molecule has 0 aliphatic heterocycles. The van der Waals surface area contributed by atoms with Crippen LogP contribution in [-0.2, 0) is 0 Å². The summed E-state index contributed by atoms with van der Waals surface area (Å²) in [6.07, 6.45) is 0. The highest BCUT2D eigenvalue weighted by molar-refractivity contribution is 5.47. The molecule has 0 fully saturated rings. The van der Waals surface area contributed by atoms with E-state index in [2.05, 4.69) is 0 Å². The zero-order chi connectivity index (χ0) is 12.1. The van der Waals surface area contributed by atoms with Crippen LogP contribution in [0.2, 0.25) is 0 Å². The van der Waals surface area contributed by atoms with E-state index in [1.165, 1.54) is 18.2 Å². The Kier molecular flexibility index (Phi) is 4.22. The summed E-state index contributed by atoms with van der Waals surface area (Å²) in [4.78, 5) is 10.3. The Labute approximate surface area is 93.2 Å². The number of alkyl halides is 1. The summed E-state index contributed by atoms with van der Waals surface area (Å²) < 4.78 is 17.8. The lowest BCUT2D eigenvalue weighted by Gasteiger charge is -2.10. The zero-order valence-electron chi connectivity index (χ0n) is 9.27. The minimum absolute atomic E-state index is 0.0615. The first-order chi connectivity index (χ1) is 7.60. The van der Waals surface area contributed by atoms with Gasteiger partial charge in [-0.1, -0.05) is 6.92 Å². The lowest BCUT2D eigenvalue weighted by Crippen LogP contribution is -2.02. The normalized spacial score (nSPS) is 12.2. The molecule has 1 aromatic carbocycles. The third kappa shape index (κ3) is 2.68. The van der Waals surface area contributed by atoms with Crippen molar-refractivity contribution in [1.82, 2.24) is 0 Å². The summed E-state index contributed by atoms with van der Waals surface area (Å²) in [5.41, 5.74) is 0.312. The lowest BCUT2D eigenvalue weighted by atomic mass is 10.0. The largest absolute Gasteiger partial charge is 0.494 e. The predicted octanol–water partition coefficient (Wildman–Crippen LogP) is 3.07. The van der Waals surface area contributed by atoms with Gasteiger partial charge in [-0.25, -0.2) is 0 Å². The monoisotopic (exact) mass is 227 g/mol. The first kappa shape index (κ1) is 12.4. The van der Waals surface area contributed by atoms with Gasteiger partial charge in [0.15, 0.2) is 0 Å². The fourth-order valence-electron chi connectivity index (χ4n) is 1.43. The molecule has 1 unspecified atom stereocenters. The van der Waals surface area contributed by atoms with E-state index in [0.717, 1.165) is 0 Å². The number of halogens is 1. The second-order valence-electron chi connectivity index (χ2n) is 3.47. The maximum Gasteiger partial charge on any atom is 0.273 e.